The zero-order valence-corrected chi connectivity index (χ0v) is 9.18. The second-order valence-electron chi connectivity index (χ2n) is 4.07. The molecule has 4 nitrogen and oxygen atoms in total. The van der Waals surface area contributed by atoms with Crippen molar-refractivity contribution in [3.8, 4) is 0 Å². The molecule has 0 saturated carbocycles. The molecule has 0 saturated heterocycles. The summed E-state index contributed by atoms with van der Waals surface area (Å²) in [6.07, 6.45) is 0.950. The summed E-state index contributed by atoms with van der Waals surface area (Å²) >= 11 is 0. The smallest absolute Gasteiger partial charge is 0.262 e. The van der Waals surface area contributed by atoms with Crippen molar-refractivity contribution in [2.24, 2.45) is 4.99 Å². The number of amides is 1. The number of hydrogen-bond donors (Lipinski definition) is 0. The summed E-state index contributed by atoms with van der Waals surface area (Å²) in [5.74, 6) is 0.863. The van der Waals surface area contributed by atoms with E-state index < -0.39 is 0 Å². The van der Waals surface area contributed by atoms with Gasteiger partial charge in [-0.2, -0.15) is 0 Å². The number of guanidine groups is 1. The van der Waals surface area contributed by atoms with Crippen molar-refractivity contribution in [1.29, 1.82) is 0 Å². The van der Waals surface area contributed by atoms with Crippen LogP contribution in [0.25, 0.3) is 0 Å². The molecule has 0 aromatic heterocycles. The van der Waals surface area contributed by atoms with Crippen LogP contribution in [0.15, 0.2) is 29.3 Å². The molecule has 0 fully saturated rings. The van der Waals surface area contributed by atoms with Gasteiger partial charge in [0.25, 0.3) is 5.91 Å². The lowest BCUT2D eigenvalue weighted by atomic mass is 10.1. The Morgan fingerprint density at radius 1 is 1.31 bits per heavy atom. The quantitative estimate of drug-likeness (QED) is 0.654. The number of benzene rings is 1. The van der Waals surface area contributed by atoms with Crippen molar-refractivity contribution in [3.63, 3.8) is 0 Å². The fourth-order valence-corrected chi connectivity index (χ4v) is 2.27. The molecule has 2 aliphatic rings. The van der Waals surface area contributed by atoms with Gasteiger partial charge in [-0.25, -0.2) is 0 Å². The third kappa shape index (κ3) is 1.16. The van der Waals surface area contributed by atoms with E-state index >= 15 is 0 Å². The van der Waals surface area contributed by atoms with E-state index in [1.165, 1.54) is 0 Å². The van der Waals surface area contributed by atoms with Gasteiger partial charge < -0.3 is 4.90 Å². The van der Waals surface area contributed by atoms with Gasteiger partial charge in [-0.05, 0) is 18.6 Å². The molecular formula is C12H13N3O. The van der Waals surface area contributed by atoms with Crippen LogP contribution in [-0.4, -0.2) is 36.9 Å². The van der Waals surface area contributed by atoms with Crippen LogP contribution in [0.1, 0.15) is 16.8 Å². The van der Waals surface area contributed by atoms with Crippen molar-refractivity contribution in [2.45, 2.75) is 6.42 Å². The first-order valence-electron chi connectivity index (χ1n) is 5.48. The fourth-order valence-electron chi connectivity index (χ4n) is 2.27. The summed E-state index contributed by atoms with van der Waals surface area (Å²) in [4.78, 5) is 20.4. The lowest BCUT2D eigenvalue weighted by Crippen LogP contribution is -2.52. The van der Waals surface area contributed by atoms with Gasteiger partial charge in [0.05, 0.1) is 11.3 Å². The molecule has 16 heavy (non-hydrogen) atoms. The maximum absolute atomic E-state index is 12.2. The van der Waals surface area contributed by atoms with Gasteiger partial charge in [-0.1, -0.05) is 12.1 Å². The number of para-hydroxylation sites is 1. The van der Waals surface area contributed by atoms with Crippen LogP contribution in [0, 0.1) is 0 Å². The number of nitrogens with zero attached hydrogens (tertiary/aromatic N) is 3. The van der Waals surface area contributed by atoms with Crippen molar-refractivity contribution >= 4 is 17.6 Å². The van der Waals surface area contributed by atoms with Crippen LogP contribution in [0.2, 0.25) is 0 Å². The summed E-state index contributed by atoms with van der Waals surface area (Å²) in [6.45, 7) is 1.59. The van der Waals surface area contributed by atoms with Crippen LogP contribution < -0.4 is 4.90 Å². The third-order valence-corrected chi connectivity index (χ3v) is 3.08. The molecular weight excluding hydrogens is 202 g/mol. The molecule has 0 bridgehead atoms. The summed E-state index contributed by atoms with van der Waals surface area (Å²) in [6, 6.07) is 7.68. The highest BCUT2D eigenvalue weighted by atomic mass is 16.2. The van der Waals surface area contributed by atoms with E-state index in [2.05, 4.69) is 4.99 Å². The summed E-state index contributed by atoms with van der Waals surface area (Å²) in [5.41, 5.74) is 1.72. The molecule has 0 unspecified atom stereocenters. The highest BCUT2D eigenvalue weighted by Crippen LogP contribution is 2.28. The zero-order chi connectivity index (χ0) is 11.1. The van der Waals surface area contributed by atoms with E-state index in [0.717, 1.165) is 36.7 Å². The van der Waals surface area contributed by atoms with Crippen LogP contribution in [0.4, 0.5) is 5.69 Å². The Hall–Kier alpha value is -1.84. The molecule has 1 amide bonds. The number of aliphatic imine (C=N–C) groups is 1. The predicted molar refractivity (Wildman–Crippen MR) is 62.8 cm³/mol. The second kappa shape index (κ2) is 3.33. The first kappa shape index (κ1) is 9.39. The molecule has 0 radical (unpaired) electrons. The van der Waals surface area contributed by atoms with E-state index in [0.29, 0.717) is 0 Å². The standard InChI is InChI=1S/C12H13N3O/c1-14-10-6-3-2-5-9(10)11(16)15-8-4-7-13-12(14)15/h2-3,5-6H,4,7-8H2,1H3. The number of fused-ring (bicyclic) bond motifs is 2. The molecule has 3 rings (SSSR count). The molecule has 2 aliphatic heterocycles. The van der Waals surface area contributed by atoms with Crippen LogP contribution in [0.5, 0.6) is 0 Å². The largest absolute Gasteiger partial charge is 0.314 e. The van der Waals surface area contributed by atoms with E-state index in [9.17, 15) is 4.79 Å². The number of carbonyl (C=O) groups excluding carboxylic acids is 1. The van der Waals surface area contributed by atoms with Crippen molar-refractivity contribution < 1.29 is 4.79 Å². The Labute approximate surface area is 94.2 Å². The molecule has 0 N–H and O–H groups in total. The Kier molecular flexibility index (Phi) is 1.96. The molecule has 4 heteroatoms. The van der Waals surface area contributed by atoms with Gasteiger partial charge in [0.15, 0.2) is 0 Å². The molecule has 0 spiro atoms. The van der Waals surface area contributed by atoms with Gasteiger partial charge in [-0.15, -0.1) is 0 Å². The van der Waals surface area contributed by atoms with E-state index in [1.807, 2.05) is 36.2 Å². The summed E-state index contributed by atoms with van der Waals surface area (Å²) in [5, 5.41) is 0. The third-order valence-electron chi connectivity index (χ3n) is 3.08. The maximum Gasteiger partial charge on any atom is 0.262 e. The Balaban J connectivity index is 2.18. The minimum absolute atomic E-state index is 0.0761. The van der Waals surface area contributed by atoms with Crippen LogP contribution in [-0.2, 0) is 0 Å². The molecule has 1 aromatic carbocycles. The fraction of sp³-hybridized carbons (Fsp3) is 0.333. The summed E-state index contributed by atoms with van der Waals surface area (Å²) in [7, 11) is 1.96. The highest BCUT2D eigenvalue weighted by molar-refractivity contribution is 6.18. The first-order valence-corrected chi connectivity index (χ1v) is 5.48. The average molecular weight is 215 g/mol. The highest BCUT2D eigenvalue weighted by Gasteiger charge is 2.33. The molecule has 1 aromatic rings. The van der Waals surface area contributed by atoms with E-state index in [4.69, 9.17) is 0 Å². The Morgan fingerprint density at radius 2 is 2.12 bits per heavy atom. The minimum atomic E-state index is 0.0761. The average Bonchev–Trinajstić information content (AvgIpc) is 2.36. The predicted octanol–water partition coefficient (Wildman–Crippen LogP) is 1.34. The Bertz CT molecular complexity index is 481. The van der Waals surface area contributed by atoms with Crippen LogP contribution in [0.3, 0.4) is 0 Å². The monoisotopic (exact) mass is 215 g/mol. The second-order valence-corrected chi connectivity index (χ2v) is 4.07. The molecule has 0 atom stereocenters. The van der Waals surface area contributed by atoms with E-state index in [1.54, 1.807) is 4.90 Å². The van der Waals surface area contributed by atoms with Crippen molar-refractivity contribution in [3.05, 3.63) is 29.8 Å². The Morgan fingerprint density at radius 3 is 3.00 bits per heavy atom. The van der Waals surface area contributed by atoms with Crippen molar-refractivity contribution in [1.82, 2.24) is 4.90 Å². The number of anilines is 1. The number of carbonyl (C=O) groups is 1. The zero-order valence-electron chi connectivity index (χ0n) is 9.18. The topological polar surface area (TPSA) is 35.9 Å². The van der Waals surface area contributed by atoms with Gasteiger partial charge in [-0.3, -0.25) is 14.7 Å². The minimum Gasteiger partial charge on any atom is -0.314 e. The maximum atomic E-state index is 12.2. The SMILES string of the molecule is CN1C2=NCCCN2C(=O)c2ccccc21. The molecule has 82 valence electrons. The lowest BCUT2D eigenvalue weighted by Gasteiger charge is -2.38. The van der Waals surface area contributed by atoms with Crippen LogP contribution >= 0.6 is 0 Å². The van der Waals surface area contributed by atoms with Crippen molar-refractivity contribution in [2.75, 3.05) is 25.0 Å². The first-order chi connectivity index (χ1) is 7.79. The van der Waals surface area contributed by atoms with Gasteiger partial charge in [0, 0.05) is 20.1 Å². The van der Waals surface area contributed by atoms with E-state index in [-0.39, 0.29) is 5.91 Å². The number of rotatable bonds is 0. The normalized spacial score (nSPS) is 19.1. The van der Waals surface area contributed by atoms with Gasteiger partial charge in [0.2, 0.25) is 5.96 Å². The van der Waals surface area contributed by atoms with Gasteiger partial charge in [0.1, 0.15) is 0 Å². The lowest BCUT2D eigenvalue weighted by molar-refractivity contribution is 0.0834. The molecule has 2 heterocycles. The van der Waals surface area contributed by atoms with Gasteiger partial charge >= 0.3 is 0 Å². The molecule has 0 aliphatic carbocycles. The summed E-state index contributed by atoms with van der Waals surface area (Å²) < 4.78 is 0. The number of hydrogen-bond acceptors (Lipinski definition) is 3.